The van der Waals surface area contributed by atoms with Crippen molar-refractivity contribution in [2.45, 2.75) is 13.1 Å². The molecule has 0 fully saturated rings. The number of carboxylic acid groups (broad SMARTS) is 2. The highest BCUT2D eigenvalue weighted by molar-refractivity contribution is 6.40. The van der Waals surface area contributed by atoms with Crippen molar-refractivity contribution < 1.29 is 53.2 Å². The summed E-state index contributed by atoms with van der Waals surface area (Å²) in [4.78, 5) is 83.1. The second-order valence-electron chi connectivity index (χ2n) is 16.2. The normalized spacial score (nSPS) is 11.3. The number of phenols is 1. The number of anilines is 1. The summed E-state index contributed by atoms with van der Waals surface area (Å²) in [6.07, 6.45) is 0.250. The molecule has 2 heterocycles. The molecule has 6 aromatic carbocycles. The Morgan fingerprint density at radius 3 is 2.13 bits per heavy atom. The summed E-state index contributed by atoms with van der Waals surface area (Å²) in [5, 5.41) is 38.6. The van der Waals surface area contributed by atoms with Gasteiger partial charge in [-0.2, -0.15) is 9.59 Å². The molecule has 0 spiro atoms. The number of fused-ring (bicyclic) bond motifs is 4. The minimum Gasteiger partial charge on any atom is -0.507 e. The number of ether oxygens (including phenoxy) is 1. The van der Waals surface area contributed by atoms with Crippen LogP contribution in [-0.4, -0.2) is 59.3 Å². The van der Waals surface area contributed by atoms with Crippen molar-refractivity contribution in [2.75, 3.05) is 19.0 Å². The van der Waals surface area contributed by atoms with Gasteiger partial charge >= 0.3 is 18.1 Å². The largest absolute Gasteiger partial charge is 0.507 e. The van der Waals surface area contributed by atoms with Crippen molar-refractivity contribution in [1.82, 2.24) is 10.6 Å². The van der Waals surface area contributed by atoms with Crippen molar-refractivity contribution in [3.8, 4) is 39.7 Å². The Bertz CT molecular complexity index is 3710. The van der Waals surface area contributed by atoms with E-state index in [2.05, 4.69) is 17.2 Å². The van der Waals surface area contributed by atoms with Crippen molar-refractivity contribution in [3.05, 3.63) is 197 Å². The number of carbonyl (C=O) groups excluding carboxylic acids is 4. The molecular formula is C54H37Cl2N3O12. The van der Waals surface area contributed by atoms with E-state index in [0.717, 1.165) is 5.69 Å². The maximum absolute atomic E-state index is 13.7. The number of carboxylic acids is 2. The predicted molar refractivity (Wildman–Crippen MR) is 264 cm³/mol. The molecule has 0 saturated heterocycles. The highest BCUT2D eigenvalue weighted by Gasteiger charge is 2.31. The predicted octanol–water partition coefficient (Wildman–Crippen LogP) is 8.08. The van der Waals surface area contributed by atoms with E-state index >= 15 is 0 Å². The molecule has 6 aromatic rings. The first-order valence-electron chi connectivity index (χ1n) is 21.3. The average molecular weight is 991 g/mol. The number of hydrogen-bond acceptors (Lipinski definition) is 11. The van der Waals surface area contributed by atoms with Crippen LogP contribution in [0.2, 0.25) is 10.0 Å². The maximum atomic E-state index is 13.7. The Hall–Kier alpha value is -9.01. The number of hydrogen-bond donors (Lipinski definition) is 5. The van der Waals surface area contributed by atoms with E-state index in [4.69, 9.17) is 41.9 Å². The molecule has 0 saturated carbocycles. The number of aromatic hydroxyl groups is 1. The number of benzene rings is 7. The summed E-state index contributed by atoms with van der Waals surface area (Å²) in [6, 6.07) is 32.0. The molecule has 17 heteroatoms. The molecule has 2 aliphatic heterocycles. The van der Waals surface area contributed by atoms with Crippen molar-refractivity contribution in [2.24, 2.45) is 0 Å². The lowest BCUT2D eigenvalue weighted by molar-refractivity contribution is -0.191. The molecule has 354 valence electrons. The summed E-state index contributed by atoms with van der Waals surface area (Å²) in [7, 11) is 3.77. The number of carbonyl (C=O) groups is 4. The fraction of sp³-hybridized carbons (Fsp3) is 0.0741. The number of rotatable bonds is 11. The highest BCUT2D eigenvalue weighted by atomic mass is 35.5. The Labute approximate surface area is 412 Å². The lowest BCUT2D eigenvalue weighted by atomic mass is 9.88. The Balaban J connectivity index is 0.00000220. The average Bonchev–Trinajstić information content (AvgIpc) is 3.34. The minimum absolute atomic E-state index is 0.0176. The van der Waals surface area contributed by atoms with Crippen LogP contribution in [0.15, 0.2) is 131 Å². The van der Waals surface area contributed by atoms with Gasteiger partial charge in [0.2, 0.25) is 0 Å². The number of phenolic OH excluding ortho intramolecular Hbond substituents is 1. The van der Waals surface area contributed by atoms with Gasteiger partial charge in [0.1, 0.15) is 28.6 Å². The van der Waals surface area contributed by atoms with Gasteiger partial charge in [0, 0.05) is 82.5 Å². The molecule has 15 nitrogen and oxygen atoms in total. The smallest absolute Gasteiger partial charge is 0.373 e. The van der Waals surface area contributed by atoms with Crippen LogP contribution in [0.3, 0.4) is 0 Å². The number of aromatic carboxylic acids is 2. The topological polar surface area (TPSA) is 230 Å². The van der Waals surface area contributed by atoms with Gasteiger partial charge in [-0.3, -0.25) is 14.4 Å². The van der Waals surface area contributed by atoms with Crippen LogP contribution in [0.1, 0.15) is 63.7 Å². The molecule has 0 bridgehead atoms. The zero-order valence-electron chi connectivity index (χ0n) is 37.4. The second kappa shape index (κ2) is 19.9. The molecule has 5 N–H and O–H groups in total. The van der Waals surface area contributed by atoms with Crippen LogP contribution < -0.4 is 36.1 Å². The van der Waals surface area contributed by atoms with Gasteiger partial charge in [-0.05, 0) is 83.1 Å². The summed E-state index contributed by atoms with van der Waals surface area (Å²) < 4.78 is 12.5. The molecule has 71 heavy (non-hydrogen) atoms. The van der Waals surface area contributed by atoms with E-state index in [9.17, 15) is 39.3 Å². The van der Waals surface area contributed by atoms with E-state index < -0.39 is 23.8 Å². The Morgan fingerprint density at radius 1 is 0.718 bits per heavy atom. The Kier molecular flexibility index (Phi) is 13.6. The van der Waals surface area contributed by atoms with Crippen LogP contribution >= 0.6 is 23.2 Å². The molecule has 1 aliphatic carbocycles. The molecule has 0 aromatic heterocycles. The van der Waals surface area contributed by atoms with Gasteiger partial charge in [-0.15, -0.1) is 0 Å². The first kappa shape index (κ1) is 48.4. The molecule has 0 atom stereocenters. The minimum atomic E-state index is -1.40. The van der Waals surface area contributed by atoms with Gasteiger partial charge in [-0.25, -0.2) is 9.59 Å². The zero-order valence-corrected chi connectivity index (χ0v) is 38.9. The Morgan fingerprint density at radius 2 is 1.42 bits per heavy atom. The van der Waals surface area contributed by atoms with Crippen LogP contribution in [-0.2, 0) is 22.7 Å². The van der Waals surface area contributed by atoms with Crippen LogP contribution in [0.5, 0.6) is 17.2 Å². The van der Waals surface area contributed by atoms with Gasteiger partial charge in [0.15, 0.2) is 5.43 Å². The third-order valence-electron chi connectivity index (χ3n) is 11.7. The molecular weight excluding hydrogens is 954 g/mol. The van der Waals surface area contributed by atoms with Crippen LogP contribution in [0.4, 0.5) is 5.69 Å². The maximum Gasteiger partial charge on any atom is 0.373 e. The van der Waals surface area contributed by atoms with E-state index in [-0.39, 0.29) is 85.2 Å². The molecule has 2 amide bonds. The van der Waals surface area contributed by atoms with E-state index in [1.165, 1.54) is 42.5 Å². The molecule has 3 aliphatic rings. The van der Waals surface area contributed by atoms with Crippen LogP contribution in [0.25, 0.3) is 45.6 Å². The van der Waals surface area contributed by atoms with Gasteiger partial charge in [0.25, 0.3) is 11.8 Å². The van der Waals surface area contributed by atoms with E-state index in [0.29, 0.717) is 60.7 Å². The fourth-order valence-electron chi connectivity index (χ4n) is 8.36. The second-order valence-corrected chi connectivity index (χ2v) is 17.0. The molecule has 0 radical (unpaired) electrons. The lowest BCUT2D eigenvalue weighted by Crippen LogP contribution is -2.25. The number of amides is 2. The van der Waals surface area contributed by atoms with Crippen molar-refractivity contribution >= 4 is 81.9 Å². The molecule has 9 rings (SSSR count). The lowest BCUT2D eigenvalue weighted by Gasteiger charge is -2.25. The summed E-state index contributed by atoms with van der Waals surface area (Å²) >= 11 is 13.8. The molecule has 0 unspecified atom stereocenters. The summed E-state index contributed by atoms with van der Waals surface area (Å²) in [6.45, 7) is 3.76. The number of nitrogens with one attached hydrogen (secondary N) is 2. The van der Waals surface area contributed by atoms with Crippen LogP contribution in [0, 0.1) is 0 Å². The van der Waals surface area contributed by atoms with Crippen molar-refractivity contribution in [1.29, 1.82) is 0 Å². The third-order valence-corrected chi connectivity index (χ3v) is 12.4. The number of halogens is 2. The number of nitrogens with zero attached hydrogens (tertiary/aromatic N) is 1. The third kappa shape index (κ3) is 9.43. The SMILES string of the molecule is C=c1ccc2c(c1)Oc1cc(N(C)C)ccc1C=2c1c(Cl)cc(C(=O)NCc2ccc(C(=O)NCc3c(O)ccc4c(-c5ccccc5C(=O)O)c5ccc(=O)cc-5oc34)cc2)c(Cl)c1C(=O)O.O=C=O. The summed E-state index contributed by atoms with van der Waals surface area (Å²) in [5.41, 5.74) is 3.58. The van der Waals surface area contributed by atoms with Gasteiger partial charge < -0.3 is 40.0 Å². The first-order valence-corrected chi connectivity index (χ1v) is 22.0. The quantitative estimate of drug-likeness (QED) is 0.0773. The van der Waals surface area contributed by atoms with Gasteiger partial charge in [0.05, 0.1) is 38.8 Å². The van der Waals surface area contributed by atoms with Gasteiger partial charge in [-0.1, -0.05) is 72.2 Å². The standard InChI is InChI=1S/C53H37Cl2N3O10.CO2/c1-26-8-15-34-41(20-26)67-42-21-29(58(2)3)13-16-35(42)45(34)46-39(54)23-37(48(55)47(46)53(65)66)51(62)56-24-27-9-11-28(12-10-27)50(61)57-25-38-40(60)19-18-36-44(31-6-4-5-7-32(31)52(63)64)33-17-14-30(59)22-43(33)68-49(36)38;2-1-3/h4-23,60H,1,24-25H2,2-3H3,(H,56,62)(H,57,61)(H,63,64)(H,65,66);. The zero-order chi connectivity index (χ0) is 50.8. The van der Waals surface area contributed by atoms with E-state index in [1.807, 2.05) is 37.2 Å². The summed E-state index contributed by atoms with van der Waals surface area (Å²) in [5.74, 6) is -2.93. The first-order chi connectivity index (χ1) is 34.0. The monoisotopic (exact) mass is 989 g/mol. The van der Waals surface area contributed by atoms with Crippen molar-refractivity contribution in [3.63, 3.8) is 0 Å². The van der Waals surface area contributed by atoms with E-state index in [1.54, 1.807) is 60.7 Å². The highest BCUT2D eigenvalue weighted by Crippen LogP contribution is 2.45. The fourth-order valence-corrected chi connectivity index (χ4v) is 8.97.